The number of aliphatic hydroxyl groups is 1. The maximum absolute atomic E-state index is 9.27. The normalized spacial score (nSPS) is 24.0. The summed E-state index contributed by atoms with van der Waals surface area (Å²) in [5.41, 5.74) is 1.91. The number of aryl methyl sites for hydroxylation is 1. The zero-order valence-electron chi connectivity index (χ0n) is 11.7. The number of anilines is 1. The van der Waals surface area contributed by atoms with Crippen molar-refractivity contribution < 1.29 is 5.11 Å². The summed E-state index contributed by atoms with van der Waals surface area (Å²) in [7, 11) is 4.26. The molecule has 0 amide bonds. The second-order valence-electron chi connectivity index (χ2n) is 5.55. The van der Waals surface area contributed by atoms with Crippen LogP contribution in [0.4, 0.5) is 5.82 Å². The van der Waals surface area contributed by atoms with Gasteiger partial charge in [-0.05, 0) is 44.6 Å². The van der Waals surface area contributed by atoms with Gasteiger partial charge in [0.2, 0.25) is 0 Å². The van der Waals surface area contributed by atoms with Gasteiger partial charge in [0.25, 0.3) is 0 Å². The van der Waals surface area contributed by atoms with Crippen LogP contribution in [0.2, 0.25) is 0 Å². The number of aromatic nitrogens is 1. The Balaban J connectivity index is 2.20. The minimum absolute atomic E-state index is 0.0802. The lowest BCUT2D eigenvalue weighted by Crippen LogP contribution is -2.34. The number of pyridine rings is 1. The molecule has 0 bridgehead atoms. The third kappa shape index (κ3) is 2.65. The SMILES string of the molecule is Cc1cc(CO)cc(N2CC(C)C(N(C)C)C2)n1. The van der Waals surface area contributed by atoms with Gasteiger partial charge in [-0.3, -0.25) is 0 Å². The van der Waals surface area contributed by atoms with E-state index in [2.05, 4.69) is 35.8 Å². The second kappa shape index (κ2) is 5.24. The van der Waals surface area contributed by atoms with Crippen molar-refractivity contribution in [3.8, 4) is 0 Å². The molecule has 0 aromatic carbocycles. The maximum Gasteiger partial charge on any atom is 0.129 e. The van der Waals surface area contributed by atoms with Gasteiger partial charge in [0.05, 0.1) is 6.61 Å². The van der Waals surface area contributed by atoms with Crippen LogP contribution < -0.4 is 4.90 Å². The van der Waals surface area contributed by atoms with E-state index in [-0.39, 0.29) is 6.61 Å². The number of aliphatic hydroxyl groups excluding tert-OH is 1. The first-order valence-electron chi connectivity index (χ1n) is 6.51. The Kier molecular flexibility index (Phi) is 3.88. The molecule has 1 saturated heterocycles. The van der Waals surface area contributed by atoms with Crippen molar-refractivity contribution in [2.75, 3.05) is 32.1 Å². The van der Waals surface area contributed by atoms with Crippen LogP contribution in [-0.4, -0.2) is 48.2 Å². The molecule has 2 atom stereocenters. The lowest BCUT2D eigenvalue weighted by molar-refractivity contribution is 0.266. The molecule has 0 aliphatic carbocycles. The molecule has 1 aliphatic rings. The fourth-order valence-corrected chi connectivity index (χ4v) is 2.78. The first-order chi connectivity index (χ1) is 8.51. The minimum atomic E-state index is 0.0802. The highest BCUT2D eigenvalue weighted by Gasteiger charge is 2.31. The molecular weight excluding hydrogens is 226 g/mol. The van der Waals surface area contributed by atoms with Gasteiger partial charge in [-0.15, -0.1) is 0 Å². The van der Waals surface area contributed by atoms with Crippen LogP contribution in [0.15, 0.2) is 12.1 Å². The van der Waals surface area contributed by atoms with Crippen molar-refractivity contribution >= 4 is 5.82 Å². The molecule has 0 spiro atoms. The van der Waals surface area contributed by atoms with Crippen LogP contribution in [0, 0.1) is 12.8 Å². The second-order valence-corrected chi connectivity index (χ2v) is 5.55. The highest BCUT2D eigenvalue weighted by atomic mass is 16.3. The Morgan fingerprint density at radius 1 is 1.39 bits per heavy atom. The summed E-state index contributed by atoms with van der Waals surface area (Å²) < 4.78 is 0. The first-order valence-corrected chi connectivity index (χ1v) is 6.51. The van der Waals surface area contributed by atoms with Crippen LogP contribution >= 0.6 is 0 Å². The van der Waals surface area contributed by atoms with Crippen molar-refractivity contribution in [3.05, 3.63) is 23.4 Å². The lowest BCUT2D eigenvalue weighted by atomic mass is 10.1. The highest BCUT2D eigenvalue weighted by Crippen LogP contribution is 2.25. The molecule has 0 saturated carbocycles. The minimum Gasteiger partial charge on any atom is -0.392 e. The Hall–Kier alpha value is -1.13. The molecule has 18 heavy (non-hydrogen) atoms. The molecule has 4 nitrogen and oxygen atoms in total. The van der Waals surface area contributed by atoms with Crippen molar-refractivity contribution in [3.63, 3.8) is 0 Å². The zero-order valence-corrected chi connectivity index (χ0v) is 11.7. The van der Waals surface area contributed by atoms with E-state index < -0.39 is 0 Å². The van der Waals surface area contributed by atoms with E-state index in [1.165, 1.54) is 0 Å². The monoisotopic (exact) mass is 249 g/mol. The third-order valence-corrected chi connectivity index (χ3v) is 3.74. The van der Waals surface area contributed by atoms with E-state index in [0.29, 0.717) is 12.0 Å². The largest absolute Gasteiger partial charge is 0.392 e. The molecule has 2 rings (SSSR count). The van der Waals surface area contributed by atoms with Crippen molar-refractivity contribution in [2.45, 2.75) is 26.5 Å². The van der Waals surface area contributed by atoms with Crippen molar-refractivity contribution in [2.24, 2.45) is 5.92 Å². The van der Waals surface area contributed by atoms with Gasteiger partial charge >= 0.3 is 0 Å². The lowest BCUT2D eigenvalue weighted by Gasteiger charge is -2.23. The van der Waals surface area contributed by atoms with Crippen LogP contribution in [-0.2, 0) is 6.61 Å². The van der Waals surface area contributed by atoms with Crippen molar-refractivity contribution in [1.82, 2.24) is 9.88 Å². The number of rotatable bonds is 3. The van der Waals surface area contributed by atoms with E-state index in [1.54, 1.807) is 0 Å². The number of likely N-dealkylation sites (N-methyl/N-ethyl adjacent to an activating group) is 1. The van der Waals surface area contributed by atoms with Gasteiger partial charge in [-0.2, -0.15) is 0 Å². The summed E-state index contributed by atoms with van der Waals surface area (Å²) in [4.78, 5) is 9.19. The Morgan fingerprint density at radius 2 is 2.11 bits per heavy atom. The summed E-state index contributed by atoms with van der Waals surface area (Å²) in [5, 5.41) is 9.27. The van der Waals surface area contributed by atoms with Gasteiger partial charge < -0.3 is 14.9 Å². The summed E-state index contributed by atoms with van der Waals surface area (Å²) in [6.45, 7) is 6.38. The molecule has 1 N–H and O–H groups in total. The Bertz CT molecular complexity index is 420. The van der Waals surface area contributed by atoms with E-state index >= 15 is 0 Å². The molecule has 4 heteroatoms. The van der Waals surface area contributed by atoms with Crippen LogP contribution in [0.1, 0.15) is 18.2 Å². The molecule has 2 unspecified atom stereocenters. The van der Waals surface area contributed by atoms with Gasteiger partial charge in [0, 0.05) is 24.8 Å². The highest BCUT2D eigenvalue weighted by molar-refractivity contribution is 5.44. The molecule has 1 fully saturated rings. The molecule has 2 heterocycles. The topological polar surface area (TPSA) is 39.6 Å². The average Bonchev–Trinajstić information content (AvgIpc) is 2.70. The molecule has 1 aromatic rings. The maximum atomic E-state index is 9.27. The fraction of sp³-hybridized carbons (Fsp3) is 0.643. The molecular formula is C14H23N3O. The van der Waals surface area contributed by atoms with Gasteiger partial charge in [0.1, 0.15) is 5.82 Å². The summed E-state index contributed by atoms with van der Waals surface area (Å²) in [5.74, 6) is 1.63. The smallest absolute Gasteiger partial charge is 0.129 e. The van der Waals surface area contributed by atoms with E-state index in [4.69, 9.17) is 0 Å². The van der Waals surface area contributed by atoms with Gasteiger partial charge in [-0.25, -0.2) is 4.98 Å². The average molecular weight is 249 g/mol. The summed E-state index contributed by atoms with van der Waals surface area (Å²) in [6.07, 6.45) is 0. The van der Waals surface area contributed by atoms with Crippen LogP contribution in [0.3, 0.4) is 0 Å². The van der Waals surface area contributed by atoms with Crippen molar-refractivity contribution in [1.29, 1.82) is 0 Å². The van der Waals surface area contributed by atoms with Gasteiger partial charge in [-0.1, -0.05) is 6.92 Å². The Morgan fingerprint density at radius 3 is 2.67 bits per heavy atom. The third-order valence-electron chi connectivity index (χ3n) is 3.74. The van der Waals surface area contributed by atoms with Crippen LogP contribution in [0.5, 0.6) is 0 Å². The number of nitrogens with zero attached hydrogens (tertiary/aromatic N) is 3. The van der Waals surface area contributed by atoms with E-state index in [0.717, 1.165) is 30.2 Å². The quantitative estimate of drug-likeness (QED) is 0.875. The summed E-state index contributed by atoms with van der Waals surface area (Å²) >= 11 is 0. The summed E-state index contributed by atoms with van der Waals surface area (Å²) in [6, 6.07) is 4.51. The Labute approximate surface area is 109 Å². The predicted molar refractivity (Wildman–Crippen MR) is 73.7 cm³/mol. The van der Waals surface area contributed by atoms with E-state index in [1.807, 2.05) is 19.1 Å². The molecule has 1 aliphatic heterocycles. The molecule has 0 radical (unpaired) electrons. The van der Waals surface area contributed by atoms with Crippen LogP contribution in [0.25, 0.3) is 0 Å². The molecule has 1 aromatic heterocycles. The number of hydrogen-bond acceptors (Lipinski definition) is 4. The standard InChI is InChI=1S/C14H23N3O/c1-10-7-17(8-13(10)16(3)4)14-6-12(9-18)5-11(2)15-14/h5-6,10,13,18H,7-9H2,1-4H3. The number of hydrogen-bond donors (Lipinski definition) is 1. The fourth-order valence-electron chi connectivity index (χ4n) is 2.78. The van der Waals surface area contributed by atoms with Gasteiger partial charge in [0.15, 0.2) is 0 Å². The zero-order chi connectivity index (χ0) is 13.3. The van der Waals surface area contributed by atoms with E-state index in [9.17, 15) is 5.11 Å². The first kappa shape index (κ1) is 13.3. The molecule has 100 valence electrons. The predicted octanol–water partition coefficient (Wildman–Crippen LogP) is 1.27.